The first-order valence-corrected chi connectivity index (χ1v) is 17.2. The van der Waals surface area contributed by atoms with E-state index in [1.165, 1.54) is 7.11 Å². The lowest BCUT2D eigenvalue weighted by Gasteiger charge is -2.38. The van der Waals surface area contributed by atoms with Crippen LogP contribution in [0.4, 0.5) is 5.69 Å². The maximum absolute atomic E-state index is 15.8. The summed E-state index contributed by atoms with van der Waals surface area (Å²) < 4.78 is 12.1. The quantitative estimate of drug-likeness (QED) is 0.148. The van der Waals surface area contributed by atoms with E-state index >= 15 is 4.79 Å². The van der Waals surface area contributed by atoms with Crippen LogP contribution in [0.1, 0.15) is 18.1 Å². The molecule has 0 aromatic heterocycles. The van der Waals surface area contributed by atoms with Crippen LogP contribution in [-0.4, -0.2) is 40.1 Å². The minimum absolute atomic E-state index is 0.0926. The van der Waals surface area contributed by atoms with Crippen molar-refractivity contribution in [3.05, 3.63) is 179 Å². The highest BCUT2D eigenvalue weighted by Crippen LogP contribution is 2.37. The SMILES string of the molecule is COC(=O)C1=C(/[Si](OC)(c2ccccc2)c2ccccc2)C(=O)N(c2ccccc2)\C(c2ccccc2)=C(C)/C(c2ccccc2)=N/1. The fourth-order valence-corrected chi connectivity index (χ4v) is 10.0. The first-order valence-electron chi connectivity index (χ1n) is 15.3. The Hall–Kier alpha value is -5.63. The first-order chi connectivity index (χ1) is 23.0. The van der Waals surface area contributed by atoms with Gasteiger partial charge in [-0.15, -0.1) is 0 Å². The van der Waals surface area contributed by atoms with Gasteiger partial charge in [0.1, 0.15) is 0 Å². The number of amides is 1. The highest BCUT2D eigenvalue weighted by atomic mass is 28.4. The normalized spacial score (nSPS) is 18.1. The van der Waals surface area contributed by atoms with Gasteiger partial charge < -0.3 is 9.16 Å². The lowest BCUT2D eigenvalue weighted by molar-refractivity contribution is -0.136. The molecular weight excluding hydrogens is 601 g/mol. The number of ether oxygens (including phenoxy) is 1. The molecule has 1 heterocycles. The van der Waals surface area contributed by atoms with Gasteiger partial charge in [0.2, 0.25) is 0 Å². The lowest BCUT2D eigenvalue weighted by Crippen LogP contribution is -2.65. The fourth-order valence-electron chi connectivity index (χ4n) is 6.19. The molecule has 0 bridgehead atoms. The van der Waals surface area contributed by atoms with E-state index in [1.807, 2.05) is 159 Å². The van der Waals surface area contributed by atoms with E-state index in [9.17, 15) is 4.79 Å². The Morgan fingerprint density at radius 2 is 1.09 bits per heavy atom. The van der Waals surface area contributed by atoms with Gasteiger partial charge in [-0.1, -0.05) is 140 Å². The van der Waals surface area contributed by atoms with E-state index in [4.69, 9.17) is 14.2 Å². The van der Waals surface area contributed by atoms with Gasteiger partial charge in [-0.25, -0.2) is 9.79 Å². The van der Waals surface area contributed by atoms with Crippen LogP contribution in [0.25, 0.3) is 5.70 Å². The number of para-hydroxylation sites is 1. The Morgan fingerprint density at radius 1 is 0.638 bits per heavy atom. The molecule has 0 radical (unpaired) electrons. The van der Waals surface area contributed by atoms with E-state index < -0.39 is 20.2 Å². The number of aliphatic imine (C=N–C) groups is 1. The number of carbonyl (C=O) groups excluding carboxylic acids is 2. The van der Waals surface area contributed by atoms with Gasteiger partial charge >= 0.3 is 5.97 Å². The molecule has 5 aromatic rings. The Kier molecular flexibility index (Phi) is 9.20. The van der Waals surface area contributed by atoms with Gasteiger partial charge in [-0.2, -0.15) is 0 Å². The molecule has 232 valence electrons. The summed E-state index contributed by atoms with van der Waals surface area (Å²) in [4.78, 5) is 36.7. The first kappa shape index (κ1) is 31.4. The highest BCUT2D eigenvalue weighted by Gasteiger charge is 2.51. The van der Waals surface area contributed by atoms with Gasteiger partial charge in [0, 0.05) is 23.9 Å². The summed E-state index contributed by atoms with van der Waals surface area (Å²) in [5.74, 6) is -1.15. The van der Waals surface area contributed by atoms with Crippen molar-refractivity contribution in [2.45, 2.75) is 6.92 Å². The highest BCUT2D eigenvalue weighted by molar-refractivity contribution is 7.06. The number of hydrogen-bond donors (Lipinski definition) is 0. The molecule has 5 aromatic carbocycles. The second-order valence-corrected chi connectivity index (χ2v) is 14.4. The molecule has 0 N–H and O–H groups in total. The van der Waals surface area contributed by atoms with E-state index in [2.05, 4.69) is 0 Å². The van der Waals surface area contributed by atoms with E-state index in [-0.39, 0.29) is 10.9 Å². The van der Waals surface area contributed by atoms with Crippen molar-refractivity contribution in [3.8, 4) is 0 Å². The summed E-state index contributed by atoms with van der Waals surface area (Å²) in [5.41, 5.74) is 4.03. The van der Waals surface area contributed by atoms with Crippen molar-refractivity contribution in [1.82, 2.24) is 0 Å². The molecule has 0 fully saturated rings. The van der Waals surface area contributed by atoms with Crippen molar-refractivity contribution in [1.29, 1.82) is 0 Å². The number of methoxy groups -OCH3 is 1. The van der Waals surface area contributed by atoms with Gasteiger partial charge in [-0.3, -0.25) is 9.69 Å². The molecule has 0 unspecified atom stereocenters. The molecule has 1 aliphatic heterocycles. The number of rotatable bonds is 8. The molecule has 47 heavy (non-hydrogen) atoms. The predicted octanol–water partition coefficient (Wildman–Crippen LogP) is 6.33. The minimum Gasteiger partial charge on any atom is -0.464 e. The number of carbonyl (C=O) groups is 2. The molecule has 7 heteroatoms. The minimum atomic E-state index is -3.78. The molecule has 1 aliphatic rings. The van der Waals surface area contributed by atoms with Crippen molar-refractivity contribution >= 4 is 47.7 Å². The molecule has 0 saturated heterocycles. The largest absolute Gasteiger partial charge is 0.464 e. The maximum Gasteiger partial charge on any atom is 0.356 e. The van der Waals surface area contributed by atoms with Crippen LogP contribution in [0.15, 0.2) is 173 Å². The van der Waals surface area contributed by atoms with Crippen LogP contribution in [0, 0.1) is 0 Å². The summed E-state index contributed by atoms with van der Waals surface area (Å²) in [6, 6.07) is 48.2. The Morgan fingerprint density at radius 3 is 1.55 bits per heavy atom. The number of nitrogens with zero attached hydrogens (tertiary/aromatic N) is 2. The van der Waals surface area contributed by atoms with Crippen LogP contribution < -0.4 is 15.3 Å². The zero-order valence-corrected chi connectivity index (χ0v) is 27.5. The molecule has 6 nitrogen and oxygen atoms in total. The lowest BCUT2D eigenvalue weighted by atomic mass is 9.96. The Bertz CT molecular complexity index is 1940. The number of hydrogen-bond acceptors (Lipinski definition) is 5. The van der Waals surface area contributed by atoms with Gasteiger partial charge in [0.25, 0.3) is 14.2 Å². The van der Waals surface area contributed by atoms with Gasteiger partial charge in [-0.05, 0) is 35.0 Å². The van der Waals surface area contributed by atoms with E-state index in [0.717, 1.165) is 21.5 Å². The van der Waals surface area contributed by atoms with E-state index in [0.29, 0.717) is 22.7 Å². The Labute approximate surface area is 276 Å². The maximum atomic E-state index is 15.8. The van der Waals surface area contributed by atoms with Crippen molar-refractivity contribution in [2.75, 3.05) is 19.1 Å². The smallest absolute Gasteiger partial charge is 0.356 e. The third-order valence-electron chi connectivity index (χ3n) is 8.32. The molecule has 6 rings (SSSR count). The molecule has 0 aliphatic carbocycles. The third-order valence-corrected chi connectivity index (χ3v) is 12.4. The fraction of sp³-hybridized carbons (Fsp3) is 0.0750. The van der Waals surface area contributed by atoms with Crippen molar-refractivity contribution < 1.29 is 18.8 Å². The van der Waals surface area contributed by atoms with Crippen LogP contribution in [0.3, 0.4) is 0 Å². The van der Waals surface area contributed by atoms with Crippen LogP contribution in [0.2, 0.25) is 0 Å². The van der Waals surface area contributed by atoms with Crippen molar-refractivity contribution in [2.24, 2.45) is 4.99 Å². The second kappa shape index (κ2) is 13.8. The van der Waals surface area contributed by atoms with Gasteiger partial charge in [0.05, 0.1) is 23.7 Å². The monoisotopic (exact) mass is 634 g/mol. The van der Waals surface area contributed by atoms with Crippen LogP contribution in [-0.2, 0) is 18.8 Å². The third kappa shape index (κ3) is 5.78. The standard InChI is InChI=1S/C40H34N2O4Si/c1-29-35(30-19-9-4-10-20-30)41-36(40(44)45-2)38(47(46-3,33-25-15-7-16-26-33)34-27-17-8-18-28-34)39(43)42(32-23-13-6-14-24-32)37(29)31-21-11-5-12-22-31/h4-28H,1-3H3/b37-29-,38-36+,41-35-. The topological polar surface area (TPSA) is 68.2 Å². The van der Waals surface area contributed by atoms with Crippen LogP contribution in [0.5, 0.6) is 0 Å². The number of anilines is 1. The summed E-state index contributed by atoms with van der Waals surface area (Å²) in [5, 5.41) is 1.72. The average molecular weight is 635 g/mol. The van der Waals surface area contributed by atoms with E-state index in [1.54, 1.807) is 12.0 Å². The van der Waals surface area contributed by atoms with Crippen LogP contribution >= 0.6 is 0 Å². The molecule has 0 atom stereocenters. The zero-order valence-electron chi connectivity index (χ0n) is 26.5. The molecule has 0 spiro atoms. The number of esters is 1. The molecular formula is C40H34N2O4Si. The Balaban J connectivity index is 1.84. The average Bonchev–Trinajstić information content (AvgIpc) is 3.14. The second-order valence-electron chi connectivity index (χ2n) is 11.0. The molecule has 1 amide bonds. The molecule has 0 saturated carbocycles. The van der Waals surface area contributed by atoms with Crippen molar-refractivity contribution in [3.63, 3.8) is 0 Å². The van der Waals surface area contributed by atoms with Gasteiger partial charge in [0.15, 0.2) is 5.70 Å². The predicted molar refractivity (Wildman–Crippen MR) is 190 cm³/mol. The summed E-state index contributed by atoms with van der Waals surface area (Å²) >= 11 is 0. The summed E-state index contributed by atoms with van der Waals surface area (Å²) in [6.07, 6.45) is 0. The number of benzene rings is 5. The summed E-state index contributed by atoms with van der Waals surface area (Å²) in [6.45, 7) is 1.94. The zero-order chi connectivity index (χ0) is 32.8. The number of allylic oxidation sites excluding steroid dienone is 1. The summed E-state index contributed by atoms with van der Waals surface area (Å²) in [7, 11) is -0.868.